The Kier molecular flexibility index (Phi) is 2.09. The van der Waals surface area contributed by atoms with Gasteiger partial charge in [-0.3, -0.25) is 4.79 Å². The van der Waals surface area contributed by atoms with Crippen molar-refractivity contribution in [3.63, 3.8) is 0 Å². The smallest absolute Gasteiger partial charge is 0.138 e. The fourth-order valence-electron chi connectivity index (χ4n) is 1.37. The second-order valence-electron chi connectivity index (χ2n) is 3.23. The van der Waals surface area contributed by atoms with Crippen molar-refractivity contribution in [3.8, 4) is 0 Å². The second-order valence-corrected chi connectivity index (χ2v) is 3.23. The molecule has 0 bridgehead atoms. The molecule has 0 N–H and O–H groups in total. The van der Waals surface area contributed by atoms with Crippen LogP contribution in [0.15, 0.2) is 0 Å². The van der Waals surface area contributed by atoms with Crippen LogP contribution in [0.25, 0.3) is 0 Å². The van der Waals surface area contributed by atoms with E-state index in [0.29, 0.717) is 11.8 Å². The first kappa shape index (κ1) is 7.73. The van der Waals surface area contributed by atoms with E-state index < -0.39 is 0 Å². The van der Waals surface area contributed by atoms with Gasteiger partial charge in [0, 0.05) is 24.9 Å². The summed E-state index contributed by atoms with van der Waals surface area (Å²) in [5, 5.41) is 0. The van der Waals surface area contributed by atoms with Crippen LogP contribution in [0.2, 0.25) is 0 Å². The van der Waals surface area contributed by atoms with Crippen molar-refractivity contribution >= 4 is 5.78 Å². The van der Waals surface area contributed by atoms with E-state index in [-0.39, 0.29) is 5.92 Å². The molecule has 0 aromatic carbocycles. The number of hydrogen-bond donors (Lipinski definition) is 0. The molecule has 0 aromatic rings. The van der Waals surface area contributed by atoms with E-state index in [1.807, 2.05) is 6.92 Å². The maximum atomic E-state index is 11.1. The van der Waals surface area contributed by atoms with Gasteiger partial charge in [0.05, 0.1) is 0 Å². The van der Waals surface area contributed by atoms with Crippen LogP contribution in [0.1, 0.15) is 20.3 Å². The Morgan fingerprint density at radius 3 is 2.60 bits per heavy atom. The van der Waals surface area contributed by atoms with Gasteiger partial charge in [-0.2, -0.15) is 0 Å². The third kappa shape index (κ3) is 1.21. The highest BCUT2D eigenvalue weighted by molar-refractivity contribution is 5.82. The minimum atomic E-state index is 0.235. The fourth-order valence-corrected chi connectivity index (χ4v) is 1.37. The molecule has 0 aliphatic carbocycles. The Labute approximate surface area is 62.2 Å². The molecular weight excluding hydrogens is 126 g/mol. The zero-order chi connectivity index (χ0) is 7.72. The lowest BCUT2D eigenvalue weighted by Crippen LogP contribution is -2.44. The van der Waals surface area contributed by atoms with E-state index in [1.54, 1.807) is 0 Å². The lowest BCUT2D eigenvalue weighted by Gasteiger charge is -2.33. The number of ketones is 1. The first-order valence-corrected chi connectivity index (χ1v) is 3.86. The molecule has 0 aromatic heterocycles. The molecule has 1 heterocycles. The molecule has 1 saturated heterocycles. The van der Waals surface area contributed by atoms with Crippen LogP contribution in [-0.4, -0.2) is 30.3 Å². The van der Waals surface area contributed by atoms with Crippen LogP contribution in [0.3, 0.4) is 0 Å². The van der Waals surface area contributed by atoms with Gasteiger partial charge >= 0.3 is 0 Å². The van der Waals surface area contributed by atoms with Crippen molar-refractivity contribution in [2.45, 2.75) is 26.3 Å². The van der Waals surface area contributed by atoms with Crippen molar-refractivity contribution in [3.05, 3.63) is 0 Å². The summed E-state index contributed by atoms with van der Waals surface area (Å²) in [6, 6.07) is 0.432. The van der Waals surface area contributed by atoms with Gasteiger partial charge in [-0.1, -0.05) is 6.92 Å². The van der Waals surface area contributed by atoms with Crippen LogP contribution < -0.4 is 0 Å². The number of rotatable bonds is 0. The van der Waals surface area contributed by atoms with Crippen LogP contribution in [-0.2, 0) is 4.79 Å². The minimum Gasteiger partial charge on any atom is -0.303 e. The van der Waals surface area contributed by atoms with E-state index in [4.69, 9.17) is 0 Å². The maximum Gasteiger partial charge on any atom is 0.138 e. The first-order chi connectivity index (χ1) is 4.63. The van der Waals surface area contributed by atoms with Gasteiger partial charge in [0.15, 0.2) is 0 Å². The molecule has 1 aliphatic heterocycles. The molecule has 58 valence electrons. The Morgan fingerprint density at radius 2 is 2.10 bits per heavy atom. The second kappa shape index (κ2) is 2.70. The monoisotopic (exact) mass is 141 g/mol. The van der Waals surface area contributed by atoms with Gasteiger partial charge < -0.3 is 4.90 Å². The number of piperidine rings is 1. The molecule has 1 fully saturated rings. The molecule has 10 heavy (non-hydrogen) atoms. The third-order valence-corrected chi connectivity index (χ3v) is 2.64. The minimum absolute atomic E-state index is 0.235. The SMILES string of the molecule is C[C@@H]1C(=O)CCN(C)[C@@H]1C. The summed E-state index contributed by atoms with van der Waals surface area (Å²) in [5.41, 5.74) is 0. The number of carbonyl (C=O) groups excluding carboxylic acids is 1. The predicted octanol–water partition coefficient (Wildman–Crippen LogP) is 0.916. The molecule has 1 aliphatic rings. The highest BCUT2D eigenvalue weighted by Crippen LogP contribution is 2.17. The average molecular weight is 141 g/mol. The van der Waals surface area contributed by atoms with Crippen molar-refractivity contribution < 1.29 is 4.79 Å². The maximum absolute atomic E-state index is 11.1. The summed E-state index contributed by atoms with van der Waals surface area (Å²) in [7, 11) is 2.08. The summed E-state index contributed by atoms with van der Waals surface area (Å²) < 4.78 is 0. The largest absolute Gasteiger partial charge is 0.303 e. The van der Waals surface area contributed by atoms with Crippen LogP contribution >= 0.6 is 0 Å². The summed E-state index contributed by atoms with van der Waals surface area (Å²) in [5.74, 6) is 0.657. The normalized spacial score (nSPS) is 36.5. The summed E-state index contributed by atoms with van der Waals surface area (Å²) >= 11 is 0. The Balaban J connectivity index is 2.60. The Morgan fingerprint density at radius 1 is 1.50 bits per heavy atom. The molecule has 2 atom stereocenters. The number of likely N-dealkylation sites (tertiary alicyclic amines) is 1. The topological polar surface area (TPSA) is 20.3 Å². The Bertz CT molecular complexity index is 144. The van der Waals surface area contributed by atoms with Crippen molar-refractivity contribution in [2.75, 3.05) is 13.6 Å². The third-order valence-electron chi connectivity index (χ3n) is 2.64. The van der Waals surface area contributed by atoms with E-state index in [0.717, 1.165) is 13.0 Å². The van der Waals surface area contributed by atoms with E-state index in [1.165, 1.54) is 0 Å². The van der Waals surface area contributed by atoms with E-state index in [2.05, 4.69) is 18.9 Å². The fraction of sp³-hybridized carbons (Fsp3) is 0.875. The number of hydrogen-bond acceptors (Lipinski definition) is 2. The average Bonchev–Trinajstić information content (AvgIpc) is 1.93. The van der Waals surface area contributed by atoms with Crippen LogP contribution in [0, 0.1) is 5.92 Å². The standard InChI is InChI=1S/C8H15NO/c1-6-7(2)9(3)5-4-8(6)10/h6-7H,4-5H2,1-3H3/t6-,7+/m0/s1. The molecule has 2 heteroatoms. The summed E-state index contributed by atoms with van der Waals surface area (Å²) in [4.78, 5) is 13.4. The van der Waals surface area contributed by atoms with Gasteiger partial charge in [-0.25, -0.2) is 0 Å². The molecule has 0 amide bonds. The van der Waals surface area contributed by atoms with E-state index >= 15 is 0 Å². The first-order valence-electron chi connectivity index (χ1n) is 3.86. The number of Topliss-reactive ketones (excluding diaryl/α,β-unsaturated/α-hetero) is 1. The summed E-state index contributed by atoms with van der Waals surface area (Å²) in [6.07, 6.45) is 0.738. The number of nitrogens with zero attached hydrogens (tertiary/aromatic N) is 1. The lowest BCUT2D eigenvalue weighted by atomic mass is 9.91. The lowest BCUT2D eigenvalue weighted by molar-refractivity contribution is -0.127. The van der Waals surface area contributed by atoms with Gasteiger partial charge in [0.2, 0.25) is 0 Å². The molecule has 0 saturated carbocycles. The van der Waals surface area contributed by atoms with Crippen molar-refractivity contribution in [1.82, 2.24) is 4.90 Å². The Hall–Kier alpha value is -0.370. The van der Waals surface area contributed by atoms with Crippen LogP contribution in [0.4, 0.5) is 0 Å². The highest BCUT2D eigenvalue weighted by atomic mass is 16.1. The van der Waals surface area contributed by atoms with Crippen LogP contribution in [0.5, 0.6) is 0 Å². The molecular formula is C8H15NO. The zero-order valence-corrected chi connectivity index (χ0v) is 6.92. The van der Waals surface area contributed by atoms with Gasteiger partial charge in [-0.15, -0.1) is 0 Å². The molecule has 0 unspecified atom stereocenters. The summed E-state index contributed by atoms with van der Waals surface area (Å²) in [6.45, 7) is 5.06. The van der Waals surface area contributed by atoms with Gasteiger partial charge in [0.25, 0.3) is 0 Å². The molecule has 1 rings (SSSR count). The van der Waals surface area contributed by atoms with Crippen molar-refractivity contribution in [2.24, 2.45) is 5.92 Å². The number of carbonyl (C=O) groups is 1. The molecule has 2 nitrogen and oxygen atoms in total. The quantitative estimate of drug-likeness (QED) is 0.500. The predicted molar refractivity (Wildman–Crippen MR) is 40.9 cm³/mol. The molecule has 0 radical (unpaired) electrons. The van der Waals surface area contributed by atoms with Gasteiger partial charge in [0.1, 0.15) is 5.78 Å². The highest BCUT2D eigenvalue weighted by Gasteiger charge is 2.27. The molecule has 0 spiro atoms. The van der Waals surface area contributed by atoms with E-state index in [9.17, 15) is 4.79 Å². The zero-order valence-electron chi connectivity index (χ0n) is 6.92. The van der Waals surface area contributed by atoms with Gasteiger partial charge in [-0.05, 0) is 14.0 Å². The van der Waals surface area contributed by atoms with Crippen molar-refractivity contribution in [1.29, 1.82) is 0 Å².